The molecule has 0 atom stereocenters. The normalized spacial score (nSPS) is 10.6. The molecule has 13 heavy (non-hydrogen) atoms. The average Bonchev–Trinajstić information content (AvgIpc) is 2.12. The van der Waals surface area contributed by atoms with Gasteiger partial charge in [-0.15, -0.1) is 0 Å². The molecule has 0 spiro atoms. The van der Waals surface area contributed by atoms with E-state index in [-0.39, 0.29) is 0 Å². The van der Waals surface area contributed by atoms with Crippen molar-refractivity contribution in [3.05, 3.63) is 40.4 Å². The van der Waals surface area contributed by atoms with Gasteiger partial charge >= 0.3 is 0 Å². The minimum Gasteiger partial charge on any atom is -0.398 e. The molecule has 0 saturated carbocycles. The number of nitrogen functional groups attached to an aromatic ring is 1. The molecule has 0 bridgehead atoms. The summed E-state index contributed by atoms with van der Waals surface area (Å²) in [7, 11) is 0. The van der Waals surface area contributed by atoms with Gasteiger partial charge in [0.2, 0.25) is 0 Å². The Morgan fingerprint density at radius 3 is 2.38 bits per heavy atom. The zero-order valence-corrected chi connectivity index (χ0v) is 8.23. The van der Waals surface area contributed by atoms with Crippen molar-refractivity contribution < 1.29 is 0 Å². The summed E-state index contributed by atoms with van der Waals surface area (Å²) in [4.78, 5) is 0. The van der Waals surface area contributed by atoms with E-state index in [1.807, 2.05) is 12.1 Å². The van der Waals surface area contributed by atoms with E-state index in [1.165, 1.54) is 0 Å². The second-order valence-corrected chi connectivity index (χ2v) is 3.61. The van der Waals surface area contributed by atoms with Gasteiger partial charge in [0, 0.05) is 21.5 Å². The zero-order valence-electron chi connectivity index (χ0n) is 6.72. The number of fused-ring (bicyclic) bond motifs is 1. The van der Waals surface area contributed by atoms with Crippen LogP contribution >= 0.6 is 23.2 Å². The molecule has 2 aromatic carbocycles. The minimum absolute atomic E-state index is 0.637. The molecule has 0 unspecified atom stereocenters. The Hall–Kier alpha value is -0.920. The lowest BCUT2D eigenvalue weighted by Crippen LogP contribution is -1.87. The van der Waals surface area contributed by atoms with E-state index in [1.54, 1.807) is 18.2 Å². The topological polar surface area (TPSA) is 26.0 Å². The van der Waals surface area contributed by atoms with Gasteiger partial charge in [0.05, 0.1) is 5.02 Å². The molecule has 0 aliphatic heterocycles. The molecule has 0 heterocycles. The number of hydrogen-bond acceptors (Lipinski definition) is 1. The number of nitrogens with two attached hydrogens (primary N) is 1. The second-order valence-electron chi connectivity index (χ2n) is 2.80. The van der Waals surface area contributed by atoms with Crippen molar-refractivity contribution in [1.82, 2.24) is 0 Å². The molecule has 66 valence electrons. The first kappa shape index (κ1) is 8.67. The molecule has 0 aliphatic carbocycles. The van der Waals surface area contributed by atoms with Crippen LogP contribution in [0, 0.1) is 0 Å². The van der Waals surface area contributed by atoms with Gasteiger partial charge in [-0.1, -0.05) is 35.3 Å². The van der Waals surface area contributed by atoms with E-state index in [4.69, 9.17) is 28.9 Å². The van der Waals surface area contributed by atoms with Crippen LogP contribution in [0.15, 0.2) is 30.3 Å². The predicted molar refractivity (Wildman–Crippen MR) is 58.4 cm³/mol. The van der Waals surface area contributed by atoms with Crippen LogP contribution in [-0.4, -0.2) is 0 Å². The first-order valence-electron chi connectivity index (χ1n) is 3.82. The van der Waals surface area contributed by atoms with E-state index >= 15 is 0 Å². The Labute approximate surface area is 86.1 Å². The molecule has 2 rings (SSSR count). The molecule has 2 N–H and O–H groups in total. The van der Waals surface area contributed by atoms with Crippen LogP contribution in [0.1, 0.15) is 0 Å². The molecule has 2 aromatic rings. The Kier molecular flexibility index (Phi) is 2.06. The Bertz CT molecular complexity index is 457. The van der Waals surface area contributed by atoms with E-state index in [0.29, 0.717) is 15.7 Å². The molecule has 0 aromatic heterocycles. The third-order valence-corrected chi connectivity index (χ3v) is 2.61. The zero-order chi connectivity index (χ0) is 9.42. The van der Waals surface area contributed by atoms with Gasteiger partial charge in [-0.05, 0) is 18.2 Å². The van der Waals surface area contributed by atoms with Crippen LogP contribution in [0.25, 0.3) is 10.8 Å². The fourth-order valence-electron chi connectivity index (χ4n) is 1.35. The van der Waals surface area contributed by atoms with Crippen molar-refractivity contribution in [3.8, 4) is 0 Å². The van der Waals surface area contributed by atoms with Crippen LogP contribution in [0.5, 0.6) is 0 Å². The van der Waals surface area contributed by atoms with Gasteiger partial charge in [-0.2, -0.15) is 0 Å². The Balaban J connectivity index is 3.00. The van der Waals surface area contributed by atoms with Crippen LogP contribution in [0.3, 0.4) is 0 Å². The maximum absolute atomic E-state index is 6.00. The van der Waals surface area contributed by atoms with Crippen molar-refractivity contribution in [3.63, 3.8) is 0 Å². The van der Waals surface area contributed by atoms with Crippen LogP contribution in [-0.2, 0) is 0 Å². The largest absolute Gasteiger partial charge is 0.398 e. The first-order chi connectivity index (χ1) is 6.20. The van der Waals surface area contributed by atoms with Gasteiger partial charge < -0.3 is 5.73 Å². The SMILES string of the molecule is Nc1ccc(Cl)c2cccc(Cl)c12. The molecular weight excluding hydrogens is 205 g/mol. The van der Waals surface area contributed by atoms with Crippen molar-refractivity contribution in [1.29, 1.82) is 0 Å². The highest BCUT2D eigenvalue weighted by atomic mass is 35.5. The predicted octanol–water partition coefficient (Wildman–Crippen LogP) is 3.73. The summed E-state index contributed by atoms with van der Waals surface area (Å²) in [6.45, 7) is 0. The molecule has 0 saturated heterocycles. The summed E-state index contributed by atoms with van der Waals surface area (Å²) in [6.07, 6.45) is 0. The monoisotopic (exact) mass is 211 g/mol. The molecule has 0 amide bonds. The third-order valence-electron chi connectivity index (χ3n) is 1.97. The third kappa shape index (κ3) is 1.34. The van der Waals surface area contributed by atoms with Gasteiger partial charge in [0.25, 0.3) is 0 Å². The number of benzene rings is 2. The van der Waals surface area contributed by atoms with E-state index in [9.17, 15) is 0 Å². The van der Waals surface area contributed by atoms with Crippen LogP contribution < -0.4 is 5.73 Å². The smallest absolute Gasteiger partial charge is 0.0505 e. The van der Waals surface area contributed by atoms with Crippen molar-refractivity contribution >= 4 is 39.7 Å². The summed E-state index contributed by atoms with van der Waals surface area (Å²) in [5, 5.41) is 3.04. The lowest BCUT2D eigenvalue weighted by molar-refractivity contribution is 1.72. The molecule has 0 fully saturated rings. The lowest BCUT2D eigenvalue weighted by atomic mass is 10.1. The molecule has 0 radical (unpaired) electrons. The fraction of sp³-hybridized carbons (Fsp3) is 0. The maximum atomic E-state index is 6.00. The Morgan fingerprint density at radius 1 is 0.923 bits per heavy atom. The van der Waals surface area contributed by atoms with Crippen molar-refractivity contribution in [2.45, 2.75) is 0 Å². The first-order valence-corrected chi connectivity index (χ1v) is 4.58. The average molecular weight is 212 g/mol. The van der Waals surface area contributed by atoms with E-state index in [0.717, 1.165) is 10.8 Å². The summed E-state index contributed by atoms with van der Waals surface area (Å²) < 4.78 is 0. The summed E-state index contributed by atoms with van der Waals surface area (Å²) in [5.41, 5.74) is 6.44. The summed E-state index contributed by atoms with van der Waals surface area (Å²) >= 11 is 12.0. The highest BCUT2D eigenvalue weighted by Crippen LogP contribution is 2.33. The highest BCUT2D eigenvalue weighted by molar-refractivity contribution is 6.40. The number of rotatable bonds is 0. The summed E-state index contributed by atoms with van der Waals surface area (Å²) in [6, 6.07) is 9.10. The van der Waals surface area contributed by atoms with Gasteiger partial charge in [-0.3, -0.25) is 0 Å². The molecule has 1 nitrogen and oxygen atoms in total. The van der Waals surface area contributed by atoms with Crippen molar-refractivity contribution in [2.75, 3.05) is 5.73 Å². The van der Waals surface area contributed by atoms with Crippen LogP contribution in [0.4, 0.5) is 5.69 Å². The second kappa shape index (κ2) is 3.09. The number of anilines is 1. The van der Waals surface area contributed by atoms with E-state index < -0.39 is 0 Å². The lowest BCUT2D eigenvalue weighted by Gasteiger charge is -2.05. The minimum atomic E-state index is 0.637. The number of hydrogen-bond donors (Lipinski definition) is 1. The van der Waals surface area contributed by atoms with Crippen LogP contribution in [0.2, 0.25) is 10.0 Å². The fourth-order valence-corrected chi connectivity index (χ4v) is 1.86. The molecule has 0 aliphatic rings. The van der Waals surface area contributed by atoms with Crippen molar-refractivity contribution in [2.24, 2.45) is 0 Å². The van der Waals surface area contributed by atoms with Gasteiger partial charge in [0.1, 0.15) is 0 Å². The highest BCUT2D eigenvalue weighted by Gasteiger charge is 2.04. The van der Waals surface area contributed by atoms with Gasteiger partial charge in [0.15, 0.2) is 0 Å². The quantitative estimate of drug-likeness (QED) is 0.661. The molecular formula is C10H7Cl2N. The number of halogens is 2. The van der Waals surface area contributed by atoms with Gasteiger partial charge in [-0.25, -0.2) is 0 Å². The summed E-state index contributed by atoms with van der Waals surface area (Å²) in [5.74, 6) is 0. The standard InChI is InChI=1S/C10H7Cl2N/c11-7-4-5-9(13)10-6(7)2-1-3-8(10)12/h1-5H,13H2. The molecule has 3 heteroatoms. The maximum Gasteiger partial charge on any atom is 0.0505 e. The van der Waals surface area contributed by atoms with E-state index in [2.05, 4.69) is 0 Å². The Morgan fingerprint density at radius 2 is 1.69 bits per heavy atom.